The summed E-state index contributed by atoms with van der Waals surface area (Å²) in [5.41, 5.74) is 8.63. The molecule has 3 rings (SSSR count). The summed E-state index contributed by atoms with van der Waals surface area (Å²) in [5.74, 6) is 0. The van der Waals surface area contributed by atoms with Gasteiger partial charge in [-0.3, -0.25) is 9.67 Å². The summed E-state index contributed by atoms with van der Waals surface area (Å²) in [6.07, 6.45) is 7.91. The van der Waals surface area contributed by atoms with Gasteiger partial charge in [0.15, 0.2) is 0 Å². The van der Waals surface area contributed by atoms with E-state index >= 15 is 0 Å². The van der Waals surface area contributed by atoms with Crippen molar-refractivity contribution >= 4 is 0 Å². The molecule has 2 N–H and O–H groups in total. The lowest BCUT2D eigenvalue weighted by atomic mass is 10.1. The molecule has 0 aromatic carbocycles. The molecule has 1 aliphatic rings. The summed E-state index contributed by atoms with van der Waals surface area (Å²) >= 11 is 0. The molecule has 0 bridgehead atoms. The third kappa shape index (κ3) is 2.67. The minimum absolute atomic E-state index is 0.457. The zero-order valence-electron chi connectivity index (χ0n) is 10.8. The SMILES string of the molecule is NCc1ccc(-c2cnn(C3CCOCC3)c2)cn1. The van der Waals surface area contributed by atoms with Crippen LogP contribution in [0, 0.1) is 0 Å². The Hall–Kier alpha value is -1.72. The van der Waals surface area contributed by atoms with E-state index in [1.165, 1.54) is 0 Å². The minimum Gasteiger partial charge on any atom is -0.381 e. The van der Waals surface area contributed by atoms with Crippen molar-refractivity contribution in [2.45, 2.75) is 25.4 Å². The summed E-state index contributed by atoms with van der Waals surface area (Å²) in [6, 6.07) is 4.46. The van der Waals surface area contributed by atoms with Crippen LogP contribution in [0.15, 0.2) is 30.7 Å². The van der Waals surface area contributed by atoms with Gasteiger partial charge < -0.3 is 10.5 Å². The predicted octanol–water partition coefficient (Wildman–Crippen LogP) is 1.76. The van der Waals surface area contributed by atoms with Gasteiger partial charge >= 0.3 is 0 Å². The molecular formula is C14H18N4O. The highest BCUT2D eigenvalue weighted by atomic mass is 16.5. The zero-order chi connectivity index (χ0) is 13.1. The highest BCUT2D eigenvalue weighted by Crippen LogP contribution is 2.24. The van der Waals surface area contributed by atoms with E-state index in [1.807, 2.05) is 24.5 Å². The lowest BCUT2D eigenvalue weighted by Gasteiger charge is -2.22. The summed E-state index contributed by atoms with van der Waals surface area (Å²) in [5, 5.41) is 4.47. The standard InChI is InChI=1S/C14H18N4O/c15-7-13-2-1-11(8-16-13)12-9-17-18(10-12)14-3-5-19-6-4-14/h1-2,8-10,14H,3-7,15H2. The molecule has 3 heterocycles. The van der Waals surface area contributed by atoms with Crippen molar-refractivity contribution < 1.29 is 4.74 Å². The lowest BCUT2D eigenvalue weighted by molar-refractivity contribution is 0.0662. The normalized spacial score (nSPS) is 16.7. The minimum atomic E-state index is 0.457. The molecule has 100 valence electrons. The second kappa shape index (κ2) is 5.50. The molecule has 2 aromatic rings. The number of hydrogen-bond acceptors (Lipinski definition) is 4. The number of ether oxygens (including phenoxy) is 1. The van der Waals surface area contributed by atoms with Crippen LogP contribution in [0.25, 0.3) is 11.1 Å². The molecule has 0 amide bonds. The van der Waals surface area contributed by atoms with Gasteiger partial charge in [0.25, 0.3) is 0 Å². The molecule has 1 saturated heterocycles. The van der Waals surface area contributed by atoms with Crippen LogP contribution in [0.3, 0.4) is 0 Å². The zero-order valence-corrected chi connectivity index (χ0v) is 10.8. The van der Waals surface area contributed by atoms with Crippen molar-refractivity contribution in [3.05, 3.63) is 36.4 Å². The van der Waals surface area contributed by atoms with Crippen LogP contribution < -0.4 is 5.73 Å². The second-order valence-electron chi connectivity index (χ2n) is 4.79. The van der Waals surface area contributed by atoms with E-state index in [9.17, 15) is 0 Å². The fraction of sp³-hybridized carbons (Fsp3) is 0.429. The van der Waals surface area contributed by atoms with Crippen molar-refractivity contribution in [1.29, 1.82) is 0 Å². The molecule has 19 heavy (non-hydrogen) atoms. The van der Waals surface area contributed by atoms with Gasteiger partial charge in [-0.05, 0) is 18.9 Å². The molecule has 0 unspecified atom stereocenters. The van der Waals surface area contributed by atoms with Crippen LogP contribution in [0.5, 0.6) is 0 Å². The average Bonchev–Trinajstić information content (AvgIpc) is 2.98. The van der Waals surface area contributed by atoms with E-state index in [1.54, 1.807) is 0 Å². The van der Waals surface area contributed by atoms with E-state index < -0.39 is 0 Å². The molecule has 1 aliphatic heterocycles. The van der Waals surface area contributed by atoms with Crippen molar-refractivity contribution in [2.75, 3.05) is 13.2 Å². The number of nitrogens with zero attached hydrogens (tertiary/aromatic N) is 3. The number of hydrogen-bond donors (Lipinski definition) is 1. The van der Waals surface area contributed by atoms with Crippen LogP contribution in [0.1, 0.15) is 24.6 Å². The Kier molecular flexibility index (Phi) is 3.57. The summed E-state index contributed by atoms with van der Waals surface area (Å²) < 4.78 is 7.43. The van der Waals surface area contributed by atoms with Gasteiger partial charge in [0, 0.05) is 43.3 Å². The fourth-order valence-corrected chi connectivity index (χ4v) is 2.35. The van der Waals surface area contributed by atoms with Crippen LogP contribution in [-0.4, -0.2) is 28.0 Å². The van der Waals surface area contributed by atoms with E-state index in [-0.39, 0.29) is 0 Å². The molecule has 5 nitrogen and oxygen atoms in total. The predicted molar refractivity (Wildman–Crippen MR) is 72.4 cm³/mol. The van der Waals surface area contributed by atoms with Gasteiger partial charge in [-0.2, -0.15) is 5.10 Å². The monoisotopic (exact) mass is 258 g/mol. The number of rotatable bonds is 3. The number of aromatic nitrogens is 3. The molecule has 0 radical (unpaired) electrons. The summed E-state index contributed by atoms with van der Waals surface area (Å²) in [4.78, 5) is 4.31. The molecule has 2 aromatic heterocycles. The van der Waals surface area contributed by atoms with Crippen LogP contribution in [0.2, 0.25) is 0 Å². The first-order chi connectivity index (χ1) is 9.36. The van der Waals surface area contributed by atoms with Gasteiger partial charge in [-0.15, -0.1) is 0 Å². The topological polar surface area (TPSA) is 66.0 Å². The Bertz CT molecular complexity index is 529. The highest BCUT2D eigenvalue weighted by molar-refractivity contribution is 5.60. The first kappa shape index (κ1) is 12.3. The van der Waals surface area contributed by atoms with Crippen molar-refractivity contribution in [3.63, 3.8) is 0 Å². The van der Waals surface area contributed by atoms with Crippen LogP contribution in [0.4, 0.5) is 0 Å². The van der Waals surface area contributed by atoms with Crippen molar-refractivity contribution in [3.8, 4) is 11.1 Å². The fourth-order valence-electron chi connectivity index (χ4n) is 2.35. The number of pyridine rings is 1. The molecule has 5 heteroatoms. The van der Waals surface area contributed by atoms with Gasteiger partial charge in [0.1, 0.15) is 0 Å². The van der Waals surface area contributed by atoms with Crippen molar-refractivity contribution in [2.24, 2.45) is 5.73 Å². The lowest BCUT2D eigenvalue weighted by Crippen LogP contribution is -2.19. The second-order valence-corrected chi connectivity index (χ2v) is 4.79. The molecule has 1 fully saturated rings. The number of nitrogens with two attached hydrogens (primary N) is 1. The summed E-state index contributed by atoms with van der Waals surface area (Å²) in [7, 11) is 0. The smallest absolute Gasteiger partial charge is 0.0569 e. The largest absolute Gasteiger partial charge is 0.381 e. The van der Waals surface area contributed by atoms with Crippen LogP contribution in [-0.2, 0) is 11.3 Å². The first-order valence-corrected chi connectivity index (χ1v) is 6.64. The Morgan fingerprint density at radius 3 is 2.74 bits per heavy atom. The third-order valence-electron chi connectivity index (χ3n) is 3.53. The van der Waals surface area contributed by atoms with Gasteiger partial charge in [0.05, 0.1) is 17.9 Å². The average molecular weight is 258 g/mol. The Morgan fingerprint density at radius 1 is 1.21 bits per heavy atom. The Balaban J connectivity index is 1.79. The summed E-state index contributed by atoms with van der Waals surface area (Å²) in [6.45, 7) is 2.13. The molecule has 0 spiro atoms. The van der Waals surface area contributed by atoms with Gasteiger partial charge in [-0.25, -0.2) is 0 Å². The van der Waals surface area contributed by atoms with Crippen LogP contribution >= 0.6 is 0 Å². The van der Waals surface area contributed by atoms with Gasteiger partial charge in [-0.1, -0.05) is 6.07 Å². The van der Waals surface area contributed by atoms with E-state index in [0.717, 1.165) is 42.9 Å². The van der Waals surface area contributed by atoms with Crippen molar-refractivity contribution in [1.82, 2.24) is 14.8 Å². The maximum absolute atomic E-state index is 5.55. The first-order valence-electron chi connectivity index (χ1n) is 6.64. The highest BCUT2D eigenvalue weighted by Gasteiger charge is 2.16. The third-order valence-corrected chi connectivity index (χ3v) is 3.53. The molecule has 0 aliphatic carbocycles. The van der Waals surface area contributed by atoms with E-state index in [2.05, 4.69) is 21.0 Å². The van der Waals surface area contributed by atoms with Gasteiger partial charge in [0.2, 0.25) is 0 Å². The maximum Gasteiger partial charge on any atom is 0.0569 e. The Labute approximate surface area is 112 Å². The van der Waals surface area contributed by atoms with E-state index in [4.69, 9.17) is 10.5 Å². The van der Waals surface area contributed by atoms with E-state index in [0.29, 0.717) is 12.6 Å². The quantitative estimate of drug-likeness (QED) is 0.911. The maximum atomic E-state index is 5.55. The Morgan fingerprint density at radius 2 is 2.05 bits per heavy atom. The molecular weight excluding hydrogens is 240 g/mol. The molecule has 0 saturated carbocycles. The molecule has 0 atom stereocenters.